The first-order chi connectivity index (χ1) is 14.6. The lowest BCUT2D eigenvalue weighted by molar-refractivity contribution is 0.600. The van der Waals surface area contributed by atoms with Crippen molar-refractivity contribution in [3.05, 3.63) is 75.3 Å². The number of sulfonamides is 1. The van der Waals surface area contributed by atoms with Crippen molar-refractivity contribution in [1.82, 2.24) is 4.98 Å². The van der Waals surface area contributed by atoms with Gasteiger partial charge in [-0.3, -0.25) is 4.72 Å². The summed E-state index contributed by atoms with van der Waals surface area (Å²) in [6, 6.07) is 14.4. The molecule has 0 fully saturated rings. The van der Waals surface area contributed by atoms with E-state index in [1.807, 2.05) is 38.1 Å². The monoisotopic (exact) mass is 508 g/mol. The van der Waals surface area contributed by atoms with E-state index in [4.69, 9.17) is 23.2 Å². The lowest BCUT2D eigenvalue weighted by Gasteiger charge is -2.13. The van der Waals surface area contributed by atoms with Crippen molar-refractivity contribution in [3.8, 4) is 0 Å². The van der Waals surface area contributed by atoms with Crippen molar-refractivity contribution in [2.45, 2.75) is 34.9 Å². The van der Waals surface area contributed by atoms with Crippen molar-refractivity contribution < 1.29 is 8.42 Å². The summed E-state index contributed by atoms with van der Waals surface area (Å²) in [5, 5.41) is 0.706. The van der Waals surface area contributed by atoms with Crippen molar-refractivity contribution in [3.63, 3.8) is 0 Å². The molecule has 1 aromatic heterocycles. The lowest BCUT2D eigenvalue weighted by atomic mass is 10.2. The fourth-order valence-electron chi connectivity index (χ4n) is 3.17. The van der Waals surface area contributed by atoms with Crippen LogP contribution in [0.2, 0.25) is 10.0 Å². The second-order valence-electron chi connectivity index (χ2n) is 7.20. The van der Waals surface area contributed by atoms with Crippen LogP contribution in [0.15, 0.2) is 62.7 Å². The zero-order valence-corrected chi connectivity index (χ0v) is 20.8. The highest BCUT2D eigenvalue weighted by atomic mass is 35.5. The van der Waals surface area contributed by atoms with E-state index in [1.165, 1.54) is 11.8 Å². The number of aromatic nitrogens is 1. The molecule has 0 amide bonds. The van der Waals surface area contributed by atoms with Gasteiger partial charge in [-0.2, -0.15) is 0 Å². The number of fused-ring (bicyclic) bond motifs is 1. The van der Waals surface area contributed by atoms with E-state index in [2.05, 4.69) is 9.71 Å². The smallest absolute Gasteiger partial charge is 0.262 e. The number of aryl methyl sites for hydroxylation is 3. The Hall–Kier alpha value is -1.77. The first kappa shape index (κ1) is 22.4. The Morgan fingerprint density at radius 1 is 0.935 bits per heavy atom. The average Bonchev–Trinajstić information content (AvgIpc) is 3.05. The van der Waals surface area contributed by atoms with Crippen LogP contribution in [-0.2, 0) is 10.0 Å². The van der Waals surface area contributed by atoms with Gasteiger partial charge in [0, 0.05) is 0 Å². The molecule has 0 atom stereocenters. The summed E-state index contributed by atoms with van der Waals surface area (Å²) in [4.78, 5) is 5.49. The molecule has 4 nitrogen and oxygen atoms in total. The summed E-state index contributed by atoms with van der Waals surface area (Å²) >= 11 is 15.9. The van der Waals surface area contributed by atoms with Crippen LogP contribution in [0.5, 0.6) is 0 Å². The Labute approximate surface area is 199 Å². The lowest BCUT2D eigenvalue weighted by Crippen LogP contribution is -2.14. The molecule has 0 saturated carbocycles. The van der Waals surface area contributed by atoms with Gasteiger partial charge >= 0.3 is 0 Å². The van der Waals surface area contributed by atoms with Crippen LogP contribution in [0.1, 0.15) is 16.7 Å². The van der Waals surface area contributed by atoms with Gasteiger partial charge in [0.25, 0.3) is 10.0 Å². The van der Waals surface area contributed by atoms with Crippen LogP contribution < -0.4 is 4.72 Å². The molecular formula is C22H18Cl2N2O2S3. The van der Waals surface area contributed by atoms with Gasteiger partial charge in [0.2, 0.25) is 0 Å². The third-order valence-corrected chi connectivity index (χ3v) is 9.19. The van der Waals surface area contributed by atoms with Gasteiger partial charge in [-0.15, -0.1) is 11.3 Å². The Morgan fingerprint density at radius 2 is 1.58 bits per heavy atom. The highest BCUT2D eigenvalue weighted by molar-refractivity contribution is 8.01. The second kappa shape index (κ2) is 8.64. The maximum absolute atomic E-state index is 12.8. The minimum Gasteiger partial charge on any atom is -0.280 e. The normalized spacial score (nSPS) is 11.8. The number of nitrogens with one attached hydrogen (secondary N) is 1. The van der Waals surface area contributed by atoms with Gasteiger partial charge in [0.1, 0.15) is 0 Å². The average molecular weight is 510 g/mol. The molecular weight excluding hydrogens is 491 g/mol. The summed E-state index contributed by atoms with van der Waals surface area (Å²) in [5.74, 6) is 0. The van der Waals surface area contributed by atoms with E-state index in [0.717, 1.165) is 25.7 Å². The predicted molar refractivity (Wildman–Crippen MR) is 132 cm³/mol. The molecule has 0 radical (unpaired) electrons. The van der Waals surface area contributed by atoms with Crippen LogP contribution >= 0.6 is 46.3 Å². The molecule has 0 aliphatic heterocycles. The Kier molecular flexibility index (Phi) is 6.25. The fraction of sp³-hybridized carbons (Fsp3) is 0.136. The number of hydrogen-bond donors (Lipinski definition) is 1. The van der Waals surface area contributed by atoms with E-state index in [1.54, 1.807) is 42.5 Å². The topological polar surface area (TPSA) is 59.1 Å². The number of hydrogen-bond acceptors (Lipinski definition) is 5. The predicted octanol–water partition coefficient (Wildman–Crippen LogP) is 7.48. The van der Waals surface area contributed by atoms with E-state index in [9.17, 15) is 8.42 Å². The zero-order chi connectivity index (χ0) is 22.3. The van der Waals surface area contributed by atoms with Crippen molar-refractivity contribution >= 4 is 72.2 Å². The first-order valence-electron chi connectivity index (χ1n) is 9.26. The van der Waals surface area contributed by atoms with E-state index >= 15 is 0 Å². The molecule has 0 saturated heterocycles. The van der Waals surface area contributed by atoms with Crippen LogP contribution in [0.3, 0.4) is 0 Å². The third-order valence-electron chi connectivity index (χ3n) is 4.58. The molecule has 0 spiro atoms. The molecule has 4 rings (SSSR count). The molecule has 1 N–H and O–H groups in total. The summed E-state index contributed by atoms with van der Waals surface area (Å²) in [7, 11) is -3.77. The minimum atomic E-state index is -3.77. The second-order valence-corrected chi connectivity index (χ2v) is 11.9. The molecule has 31 heavy (non-hydrogen) atoms. The molecule has 1 heterocycles. The van der Waals surface area contributed by atoms with E-state index < -0.39 is 10.0 Å². The molecule has 0 bridgehead atoms. The number of rotatable bonds is 5. The Bertz CT molecular complexity index is 1390. The van der Waals surface area contributed by atoms with E-state index in [0.29, 0.717) is 26.2 Å². The number of halogens is 2. The summed E-state index contributed by atoms with van der Waals surface area (Å²) in [6.45, 7) is 5.71. The van der Waals surface area contributed by atoms with Crippen molar-refractivity contribution in [1.29, 1.82) is 0 Å². The van der Waals surface area contributed by atoms with Gasteiger partial charge in [0.15, 0.2) is 4.34 Å². The van der Waals surface area contributed by atoms with Crippen LogP contribution in [0.25, 0.3) is 10.2 Å². The van der Waals surface area contributed by atoms with Crippen molar-refractivity contribution in [2.24, 2.45) is 0 Å². The fourth-order valence-corrected chi connectivity index (χ4v) is 7.16. The maximum Gasteiger partial charge on any atom is 0.262 e. The van der Waals surface area contributed by atoms with Gasteiger partial charge in [-0.25, -0.2) is 13.4 Å². The number of anilines is 1. The highest BCUT2D eigenvalue weighted by Crippen LogP contribution is 2.43. The van der Waals surface area contributed by atoms with Gasteiger partial charge < -0.3 is 0 Å². The summed E-state index contributed by atoms with van der Waals surface area (Å²) < 4.78 is 30.2. The van der Waals surface area contributed by atoms with Crippen molar-refractivity contribution in [2.75, 3.05) is 4.72 Å². The van der Waals surface area contributed by atoms with Gasteiger partial charge in [-0.1, -0.05) is 58.7 Å². The number of thiazole rings is 1. The standard InChI is InChI=1S/C22H18Cl2N2O2S3/c1-12-5-7-20(14(3)8-12)31(27,28)26-15-10-16(23)21(17(24)11-15)30-22-25-18-9-13(2)4-6-19(18)29-22/h4-11,26H,1-3H3. The Balaban J connectivity index is 1.62. The molecule has 3 aromatic carbocycles. The number of benzene rings is 3. The number of nitrogens with zero attached hydrogens (tertiary/aromatic N) is 1. The largest absolute Gasteiger partial charge is 0.280 e. The molecule has 0 aliphatic rings. The van der Waals surface area contributed by atoms with Crippen LogP contribution in [-0.4, -0.2) is 13.4 Å². The highest BCUT2D eigenvalue weighted by Gasteiger charge is 2.19. The first-order valence-corrected chi connectivity index (χ1v) is 13.1. The quantitative estimate of drug-likeness (QED) is 0.303. The SMILES string of the molecule is Cc1ccc(S(=O)(=O)Nc2cc(Cl)c(Sc3nc4cc(C)ccc4s3)c(Cl)c2)c(C)c1. The zero-order valence-electron chi connectivity index (χ0n) is 16.9. The molecule has 160 valence electrons. The van der Waals surface area contributed by atoms with Crippen LogP contribution in [0.4, 0.5) is 5.69 Å². The third kappa shape index (κ3) is 4.86. The molecule has 0 unspecified atom stereocenters. The van der Waals surface area contributed by atoms with Gasteiger partial charge in [-0.05, 0) is 62.2 Å². The van der Waals surface area contributed by atoms with Crippen LogP contribution in [0, 0.1) is 20.8 Å². The summed E-state index contributed by atoms with van der Waals surface area (Å²) in [6.07, 6.45) is 0. The Morgan fingerprint density at radius 3 is 2.26 bits per heavy atom. The molecule has 9 heteroatoms. The molecule has 0 aliphatic carbocycles. The van der Waals surface area contributed by atoms with E-state index in [-0.39, 0.29) is 4.90 Å². The minimum absolute atomic E-state index is 0.216. The maximum atomic E-state index is 12.8. The summed E-state index contributed by atoms with van der Waals surface area (Å²) in [5.41, 5.74) is 4.04. The molecule has 4 aromatic rings. The van der Waals surface area contributed by atoms with Gasteiger partial charge in [0.05, 0.1) is 35.7 Å².